The number of nitrogens with zero attached hydrogens (tertiary/aromatic N) is 1. The first-order valence-corrected chi connectivity index (χ1v) is 6.90. The van der Waals surface area contributed by atoms with E-state index in [2.05, 4.69) is 48.4 Å². The van der Waals surface area contributed by atoms with Crippen LogP contribution < -0.4 is 0 Å². The van der Waals surface area contributed by atoms with E-state index in [1.165, 1.54) is 28.6 Å². The summed E-state index contributed by atoms with van der Waals surface area (Å²) in [6.45, 7) is 7.91. The van der Waals surface area contributed by atoms with Crippen LogP contribution in [0.25, 0.3) is 10.1 Å². The fourth-order valence-electron chi connectivity index (χ4n) is 2.06. The maximum Gasteiger partial charge on any atom is 0.0346 e. The van der Waals surface area contributed by atoms with Gasteiger partial charge in [0.05, 0.1) is 0 Å². The smallest absolute Gasteiger partial charge is 0.0346 e. The van der Waals surface area contributed by atoms with E-state index < -0.39 is 0 Å². The first-order valence-electron chi connectivity index (χ1n) is 6.02. The van der Waals surface area contributed by atoms with Crippen LogP contribution >= 0.6 is 11.3 Å². The molecule has 1 nitrogen and oxygen atoms in total. The summed E-state index contributed by atoms with van der Waals surface area (Å²) < 4.78 is 1.41. The highest BCUT2D eigenvalue weighted by molar-refractivity contribution is 7.17. The highest BCUT2D eigenvalue weighted by atomic mass is 32.1. The molecule has 0 spiro atoms. The lowest BCUT2D eigenvalue weighted by molar-refractivity contribution is 0.282. The lowest BCUT2D eigenvalue weighted by Gasteiger charge is -2.18. The topological polar surface area (TPSA) is 3.24 Å². The highest BCUT2D eigenvalue weighted by Crippen LogP contribution is 2.26. The number of rotatable bonds is 5. The molecule has 1 aromatic heterocycles. The zero-order chi connectivity index (χ0) is 11.4. The van der Waals surface area contributed by atoms with E-state index in [0.717, 1.165) is 13.1 Å². The van der Waals surface area contributed by atoms with E-state index in [0.29, 0.717) is 0 Å². The van der Waals surface area contributed by atoms with Crippen molar-refractivity contribution in [2.75, 3.05) is 13.1 Å². The Balaban J connectivity index is 2.20. The molecule has 0 saturated heterocycles. The molecule has 0 unspecified atom stereocenters. The minimum Gasteiger partial charge on any atom is -0.299 e. The van der Waals surface area contributed by atoms with Gasteiger partial charge in [0.15, 0.2) is 0 Å². The molecule has 0 N–H and O–H groups in total. The number of benzene rings is 1. The summed E-state index contributed by atoms with van der Waals surface area (Å²) in [6.07, 6.45) is 1.23. The van der Waals surface area contributed by atoms with E-state index in [-0.39, 0.29) is 0 Å². The van der Waals surface area contributed by atoms with Gasteiger partial charge < -0.3 is 0 Å². The maximum absolute atomic E-state index is 2.51. The molecule has 0 aliphatic heterocycles. The van der Waals surface area contributed by atoms with Crippen molar-refractivity contribution in [3.8, 4) is 0 Å². The van der Waals surface area contributed by atoms with Crippen molar-refractivity contribution in [1.29, 1.82) is 0 Å². The predicted molar refractivity (Wildman–Crippen MR) is 73.1 cm³/mol. The van der Waals surface area contributed by atoms with Crippen LogP contribution in [-0.2, 0) is 6.54 Å². The molecule has 2 rings (SSSR count). The van der Waals surface area contributed by atoms with Crippen LogP contribution in [0.2, 0.25) is 0 Å². The van der Waals surface area contributed by atoms with Crippen molar-refractivity contribution in [2.45, 2.75) is 26.8 Å². The summed E-state index contributed by atoms with van der Waals surface area (Å²) in [5.74, 6) is 0. The molecule has 0 bridgehead atoms. The molecule has 16 heavy (non-hydrogen) atoms. The van der Waals surface area contributed by atoms with Gasteiger partial charge in [-0.15, -0.1) is 11.3 Å². The maximum atomic E-state index is 2.51. The number of thiophene rings is 1. The SMILES string of the molecule is CCCN(CC)Cc1csc2ccccc12. The summed E-state index contributed by atoms with van der Waals surface area (Å²) in [4.78, 5) is 2.51. The van der Waals surface area contributed by atoms with E-state index in [4.69, 9.17) is 0 Å². The highest BCUT2D eigenvalue weighted by Gasteiger charge is 2.07. The van der Waals surface area contributed by atoms with Gasteiger partial charge in [-0.25, -0.2) is 0 Å². The predicted octanol–water partition coefficient (Wildman–Crippen LogP) is 4.13. The summed E-state index contributed by atoms with van der Waals surface area (Å²) in [6, 6.07) is 8.70. The molecule has 0 radical (unpaired) electrons. The monoisotopic (exact) mass is 233 g/mol. The Morgan fingerprint density at radius 1 is 1.19 bits per heavy atom. The largest absolute Gasteiger partial charge is 0.299 e. The van der Waals surface area contributed by atoms with Gasteiger partial charge in [-0.1, -0.05) is 32.0 Å². The Hall–Kier alpha value is -0.860. The minimum absolute atomic E-state index is 1.09. The summed E-state index contributed by atoms with van der Waals surface area (Å²) in [5, 5.41) is 3.74. The Morgan fingerprint density at radius 3 is 2.75 bits per heavy atom. The minimum atomic E-state index is 1.09. The molecule has 0 aliphatic carbocycles. The van der Waals surface area contributed by atoms with Crippen LogP contribution in [0.1, 0.15) is 25.8 Å². The van der Waals surface area contributed by atoms with Gasteiger partial charge in [-0.2, -0.15) is 0 Å². The second-order valence-electron chi connectivity index (χ2n) is 4.13. The fourth-order valence-corrected chi connectivity index (χ4v) is 3.02. The quantitative estimate of drug-likeness (QED) is 0.750. The number of hydrogen-bond donors (Lipinski definition) is 0. The van der Waals surface area contributed by atoms with Crippen LogP contribution in [0.15, 0.2) is 29.6 Å². The molecular weight excluding hydrogens is 214 g/mol. The Bertz CT molecular complexity index is 447. The van der Waals surface area contributed by atoms with Crippen LogP contribution in [0.5, 0.6) is 0 Å². The number of hydrogen-bond acceptors (Lipinski definition) is 2. The summed E-state index contributed by atoms with van der Waals surface area (Å²) >= 11 is 1.86. The second-order valence-corrected chi connectivity index (χ2v) is 5.04. The van der Waals surface area contributed by atoms with Crippen LogP contribution in [0.3, 0.4) is 0 Å². The molecule has 0 aliphatic rings. The third-order valence-electron chi connectivity index (χ3n) is 2.94. The Morgan fingerprint density at radius 2 is 2.00 bits per heavy atom. The van der Waals surface area contributed by atoms with E-state index in [1.54, 1.807) is 0 Å². The molecule has 0 saturated carbocycles. The third-order valence-corrected chi connectivity index (χ3v) is 3.95. The van der Waals surface area contributed by atoms with Gasteiger partial charge in [-0.3, -0.25) is 4.90 Å². The average Bonchev–Trinajstić information content (AvgIpc) is 2.72. The average molecular weight is 233 g/mol. The van der Waals surface area contributed by atoms with E-state index >= 15 is 0 Å². The first-order chi connectivity index (χ1) is 7.85. The second kappa shape index (κ2) is 5.46. The molecule has 1 heterocycles. The molecule has 0 fully saturated rings. The van der Waals surface area contributed by atoms with Crippen molar-refractivity contribution in [3.63, 3.8) is 0 Å². The van der Waals surface area contributed by atoms with Crippen molar-refractivity contribution < 1.29 is 0 Å². The standard InChI is InChI=1S/C14H19NS/c1-3-9-15(4-2)10-12-11-16-14-8-6-5-7-13(12)14/h5-8,11H,3-4,9-10H2,1-2H3. The first kappa shape index (κ1) is 11.6. The fraction of sp³-hybridized carbons (Fsp3) is 0.429. The van der Waals surface area contributed by atoms with Crippen LogP contribution in [0, 0.1) is 0 Å². The van der Waals surface area contributed by atoms with E-state index in [9.17, 15) is 0 Å². The molecule has 0 amide bonds. The zero-order valence-corrected chi connectivity index (χ0v) is 10.9. The van der Waals surface area contributed by atoms with E-state index in [1.807, 2.05) is 11.3 Å². The zero-order valence-electron chi connectivity index (χ0n) is 10.1. The molecule has 2 aromatic rings. The summed E-state index contributed by atoms with van der Waals surface area (Å²) in [7, 11) is 0. The van der Waals surface area contributed by atoms with Gasteiger partial charge in [-0.05, 0) is 41.9 Å². The van der Waals surface area contributed by atoms with Crippen molar-refractivity contribution in [3.05, 3.63) is 35.2 Å². The molecule has 86 valence electrons. The normalized spacial score (nSPS) is 11.4. The van der Waals surface area contributed by atoms with Gasteiger partial charge in [0.25, 0.3) is 0 Å². The van der Waals surface area contributed by atoms with Crippen LogP contribution in [0.4, 0.5) is 0 Å². The Kier molecular flexibility index (Phi) is 3.97. The summed E-state index contributed by atoms with van der Waals surface area (Å²) in [5.41, 5.74) is 1.48. The Labute approximate surface area is 102 Å². The molecular formula is C14H19NS. The van der Waals surface area contributed by atoms with Gasteiger partial charge in [0.2, 0.25) is 0 Å². The van der Waals surface area contributed by atoms with Crippen molar-refractivity contribution in [1.82, 2.24) is 4.90 Å². The number of fused-ring (bicyclic) bond motifs is 1. The van der Waals surface area contributed by atoms with Crippen molar-refractivity contribution in [2.24, 2.45) is 0 Å². The lowest BCUT2D eigenvalue weighted by atomic mass is 10.1. The van der Waals surface area contributed by atoms with Gasteiger partial charge in [0.1, 0.15) is 0 Å². The molecule has 2 heteroatoms. The van der Waals surface area contributed by atoms with Gasteiger partial charge >= 0.3 is 0 Å². The molecule has 1 aromatic carbocycles. The van der Waals surface area contributed by atoms with Crippen LogP contribution in [-0.4, -0.2) is 18.0 Å². The lowest BCUT2D eigenvalue weighted by Crippen LogP contribution is -2.23. The van der Waals surface area contributed by atoms with Gasteiger partial charge in [0, 0.05) is 11.2 Å². The third kappa shape index (κ3) is 2.45. The molecule has 0 atom stereocenters. The van der Waals surface area contributed by atoms with Crippen molar-refractivity contribution >= 4 is 21.4 Å².